The second-order valence-corrected chi connectivity index (χ2v) is 7.88. The van der Waals surface area contributed by atoms with E-state index in [0.29, 0.717) is 12.4 Å². The molecule has 3 nitrogen and oxygen atoms in total. The molecule has 0 bridgehead atoms. The molecule has 0 aromatic carbocycles. The van der Waals surface area contributed by atoms with E-state index in [-0.39, 0.29) is 0 Å². The molecule has 0 amide bonds. The van der Waals surface area contributed by atoms with Gasteiger partial charge < -0.3 is 14.2 Å². The molecule has 0 fully saturated rings. The van der Waals surface area contributed by atoms with Gasteiger partial charge in [-0.2, -0.15) is 0 Å². The molecule has 0 radical (unpaired) electrons. The van der Waals surface area contributed by atoms with Crippen LogP contribution in [0.1, 0.15) is 0 Å². The van der Waals surface area contributed by atoms with E-state index in [2.05, 4.69) is 4.52 Å². The monoisotopic (exact) mass is 202 g/mol. The zero-order valence-electron chi connectivity index (χ0n) is 5.94. The Morgan fingerprint density at radius 1 is 1.60 bits per heavy atom. The summed E-state index contributed by atoms with van der Waals surface area (Å²) >= 11 is 5.95. The Morgan fingerprint density at radius 3 is 2.60 bits per heavy atom. The first-order chi connectivity index (χ1) is 4.62. The fourth-order valence-electron chi connectivity index (χ4n) is 0.289. The molecule has 62 valence electrons. The molecule has 0 aliphatic rings. The van der Waals surface area contributed by atoms with Crippen molar-refractivity contribution in [1.82, 2.24) is 0 Å². The third kappa shape index (κ3) is 5.65. The lowest BCUT2D eigenvalue weighted by molar-refractivity contribution is 0.219. The maximum Gasteiger partial charge on any atom is 0.244 e. The van der Waals surface area contributed by atoms with Crippen LogP contribution in [0.4, 0.5) is 0 Å². The second kappa shape index (κ2) is 5.52. The fourth-order valence-corrected chi connectivity index (χ4v) is 2.77. The lowest BCUT2D eigenvalue weighted by Gasteiger charge is -2.10. The van der Waals surface area contributed by atoms with Gasteiger partial charge in [0.15, 0.2) is 0 Å². The Balaban J connectivity index is 3.38. The number of methoxy groups -OCH3 is 1. The Kier molecular flexibility index (Phi) is 6.01. The van der Waals surface area contributed by atoms with Crippen LogP contribution < -0.4 is 0 Å². The Labute approximate surface area is 70.0 Å². The summed E-state index contributed by atoms with van der Waals surface area (Å²) in [5, 5.41) is 0. The molecule has 6 heteroatoms. The molecule has 0 spiro atoms. The quantitative estimate of drug-likeness (QED) is 0.536. The van der Waals surface area contributed by atoms with Gasteiger partial charge in [-0.15, -0.1) is 0 Å². The van der Waals surface area contributed by atoms with Crippen molar-refractivity contribution >= 4 is 28.9 Å². The zero-order chi connectivity index (χ0) is 8.04. The van der Waals surface area contributed by atoms with E-state index in [9.17, 15) is 0 Å². The summed E-state index contributed by atoms with van der Waals surface area (Å²) in [4.78, 5) is 9.16. The number of hydrogen-bond acceptors (Lipinski definition) is 4. The summed E-state index contributed by atoms with van der Waals surface area (Å²) in [5.74, 6) is 0.679. The van der Waals surface area contributed by atoms with Crippen LogP contribution in [0, 0.1) is 0 Å². The predicted octanol–water partition coefficient (Wildman–Crippen LogP) is 1.23. The molecule has 0 aromatic heterocycles. The highest BCUT2D eigenvalue weighted by Crippen LogP contribution is 2.54. The van der Waals surface area contributed by atoms with Crippen LogP contribution in [0.2, 0.25) is 0 Å². The van der Waals surface area contributed by atoms with Gasteiger partial charge in [-0.3, -0.25) is 0 Å². The van der Waals surface area contributed by atoms with Crippen LogP contribution in [0.5, 0.6) is 0 Å². The van der Waals surface area contributed by atoms with Crippen LogP contribution in [0.3, 0.4) is 0 Å². The van der Waals surface area contributed by atoms with E-state index in [1.54, 1.807) is 7.11 Å². The normalized spacial score (nSPS) is 16.7. The van der Waals surface area contributed by atoms with Crippen LogP contribution >= 0.6 is 17.1 Å². The largest absolute Gasteiger partial charge is 0.384 e. The average molecular weight is 202 g/mol. The third-order valence-corrected chi connectivity index (χ3v) is 5.28. The number of hydrogen-bond donors (Lipinski definition) is 1. The van der Waals surface area contributed by atoms with Crippen molar-refractivity contribution in [3.8, 4) is 0 Å². The molecule has 0 aliphatic heterocycles. The molecule has 0 saturated carbocycles. The lowest BCUT2D eigenvalue weighted by Crippen LogP contribution is -1.91. The molecule has 1 unspecified atom stereocenters. The van der Waals surface area contributed by atoms with E-state index >= 15 is 0 Å². The number of rotatable bonds is 5. The predicted molar refractivity (Wildman–Crippen MR) is 47.8 cm³/mol. The van der Waals surface area contributed by atoms with E-state index in [4.69, 9.17) is 21.4 Å². The first kappa shape index (κ1) is 10.9. The highest BCUT2D eigenvalue weighted by atomic mass is 32.9. The zero-order valence-corrected chi connectivity index (χ0v) is 8.47. The summed E-state index contributed by atoms with van der Waals surface area (Å²) in [6, 6.07) is 0. The second-order valence-electron chi connectivity index (χ2n) is 1.48. The van der Waals surface area contributed by atoms with Crippen molar-refractivity contribution < 1.29 is 14.2 Å². The Morgan fingerprint density at radius 2 is 2.20 bits per heavy atom. The summed E-state index contributed by atoms with van der Waals surface area (Å²) < 4.78 is 9.44. The van der Waals surface area contributed by atoms with Crippen LogP contribution in [-0.2, 0) is 21.1 Å². The van der Waals surface area contributed by atoms with Gasteiger partial charge in [0.2, 0.25) is 5.69 Å². The fraction of sp³-hybridized carbons (Fsp3) is 1.00. The van der Waals surface area contributed by atoms with Gasteiger partial charge in [0, 0.05) is 20.0 Å². The van der Waals surface area contributed by atoms with Crippen molar-refractivity contribution in [2.45, 2.75) is 0 Å². The van der Waals surface area contributed by atoms with Crippen LogP contribution in [-0.4, -0.2) is 31.5 Å². The molecule has 1 atom stereocenters. The van der Waals surface area contributed by atoms with E-state index in [1.807, 2.05) is 0 Å². The molecule has 1 N–H and O–H groups in total. The first-order valence-corrected chi connectivity index (χ1v) is 6.91. The first-order valence-electron chi connectivity index (χ1n) is 2.64. The maximum atomic E-state index is 9.16. The molecule has 0 aromatic rings. The van der Waals surface area contributed by atoms with E-state index in [1.165, 1.54) is 18.5 Å². The smallest absolute Gasteiger partial charge is 0.244 e. The lowest BCUT2D eigenvalue weighted by atomic mass is 10.9. The van der Waals surface area contributed by atoms with Crippen molar-refractivity contribution in [3.05, 3.63) is 0 Å². The maximum absolute atomic E-state index is 9.16. The Bertz CT molecular complexity index is 130. The van der Waals surface area contributed by atoms with Gasteiger partial charge in [-0.1, -0.05) is 11.4 Å². The van der Waals surface area contributed by atoms with Crippen LogP contribution in [0.25, 0.3) is 0 Å². The number of ether oxygens (including phenoxy) is 1. The highest BCUT2D eigenvalue weighted by molar-refractivity contribution is 8.67. The minimum atomic E-state index is -2.53. The highest BCUT2D eigenvalue weighted by Gasteiger charge is 2.10. The summed E-state index contributed by atoms with van der Waals surface area (Å²) in [5.41, 5.74) is -2.53. The van der Waals surface area contributed by atoms with Gasteiger partial charge >= 0.3 is 0 Å². The minimum absolute atomic E-state index is 0.590. The van der Waals surface area contributed by atoms with Crippen molar-refractivity contribution in [3.63, 3.8) is 0 Å². The van der Waals surface area contributed by atoms with Crippen LogP contribution in [0.15, 0.2) is 0 Å². The molecular formula is C4H11O3PS2. The third-order valence-electron chi connectivity index (χ3n) is 0.773. The summed E-state index contributed by atoms with van der Waals surface area (Å²) in [6.07, 6.45) is 0. The van der Waals surface area contributed by atoms with E-state index < -0.39 is 5.69 Å². The average Bonchev–Trinajstić information content (AvgIpc) is 1.89. The summed E-state index contributed by atoms with van der Waals surface area (Å²) in [6.45, 7) is 0.590. The van der Waals surface area contributed by atoms with Gasteiger partial charge in [-0.05, 0) is 11.8 Å². The molecule has 0 aliphatic carbocycles. The van der Waals surface area contributed by atoms with E-state index in [0.717, 1.165) is 0 Å². The summed E-state index contributed by atoms with van der Waals surface area (Å²) in [7, 11) is 3.02. The molecule has 0 rings (SSSR count). The SMILES string of the molecule is COCCSP(O)(=S)OC. The van der Waals surface area contributed by atoms with Gasteiger partial charge in [0.1, 0.15) is 0 Å². The van der Waals surface area contributed by atoms with Gasteiger partial charge in [-0.25, -0.2) is 0 Å². The molecular weight excluding hydrogens is 191 g/mol. The Hall–Kier alpha value is 0.880. The standard InChI is InChI=1S/C4H11O3PS2/c1-6-3-4-10-8(5,9)7-2/h3-4H2,1-2H3,(H,5,9). The van der Waals surface area contributed by atoms with Gasteiger partial charge in [0.25, 0.3) is 0 Å². The molecule has 10 heavy (non-hydrogen) atoms. The molecule has 0 heterocycles. The van der Waals surface area contributed by atoms with Crippen molar-refractivity contribution in [2.75, 3.05) is 26.6 Å². The topological polar surface area (TPSA) is 38.7 Å². The molecule has 0 saturated heterocycles. The van der Waals surface area contributed by atoms with Crippen molar-refractivity contribution in [1.29, 1.82) is 0 Å². The minimum Gasteiger partial charge on any atom is -0.384 e. The van der Waals surface area contributed by atoms with Crippen molar-refractivity contribution in [2.24, 2.45) is 0 Å². The van der Waals surface area contributed by atoms with Gasteiger partial charge in [0.05, 0.1) is 6.61 Å².